The van der Waals surface area contributed by atoms with E-state index in [-0.39, 0.29) is 12.3 Å². The van der Waals surface area contributed by atoms with Gasteiger partial charge in [0.15, 0.2) is 0 Å². The third-order valence-corrected chi connectivity index (χ3v) is 5.33. The van der Waals surface area contributed by atoms with Gasteiger partial charge in [-0.15, -0.1) is 4.68 Å². The lowest BCUT2D eigenvalue weighted by molar-refractivity contribution is -0.735. The molecule has 0 fully saturated rings. The number of nitrogens with zero attached hydrogens (tertiary/aromatic N) is 6. The zero-order chi connectivity index (χ0) is 22.3. The van der Waals surface area contributed by atoms with Gasteiger partial charge in [-0.3, -0.25) is 9.59 Å². The van der Waals surface area contributed by atoms with E-state index in [1.165, 1.54) is 18.3 Å². The second kappa shape index (κ2) is 10.6. The van der Waals surface area contributed by atoms with Crippen molar-refractivity contribution in [2.45, 2.75) is 33.7 Å². The lowest BCUT2D eigenvalue weighted by Gasteiger charge is -2.21. The van der Waals surface area contributed by atoms with E-state index >= 15 is 0 Å². The predicted molar refractivity (Wildman–Crippen MR) is 119 cm³/mol. The maximum atomic E-state index is 11.7. The number of aromatic nitrogens is 2. The minimum Gasteiger partial charge on any atom is -0.372 e. The monoisotopic (exact) mass is 433 g/mol. The highest BCUT2D eigenvalue weighted by Crippen LogP contribution is 2.32. The lowest BCUT2D eigenvalue weighted by Crippen LogP contribution is -2.38. The molecule has 0 bridgehead atoms. The maximum absolute atomic E-state index is 11.7. The minimum absolute atomic E-state index is 0.152. The highest BCUT2D eigenvalue weighted by molar-refractivity contribution is 7.18. The predicted octanol–water partition coefficient (Wildman–Crippen LogP) is 2.59. The van der Waals surface area contributed by atoms with Crippen molar-refractivity contribution in [3.63, 3.8) is 0 Å². The summed E-state index contributed by atoms with van der Waals surface area (Å²) in [7, 11) is 3.75. The SMILES string of the molecule is CCN(CC)c1ccc(N=Nc2sc(N(C)C)n[n+]2CCC(N)=O)c(NC(C)=O)c1. The molecule has 30 heavy (non-hydrogen) atoms. The third-order valence-electron chi connectivity index (χ3n) is 4.22. The van der Waals surface area contributed by atoms with Crippen LogP contribution in [-0.2, 0) is 16.1 Å². The van der Waals surface area contributed by atoms with Gasteiger partial charge in [0.05, 0.1) is 17.2 Å². The van der Waals surface area contributed by atoms with Gasteiger partial charge >= 0.3 is 5.13 Å². The molecule has 1 aromatic carbocycles. The first kappa shape index (κ1) is 23.2. The number of azo groups is 1. The Morgan fingerprint density at radius 2 is 1.93 bits per heavy atom. The largest absolute Gasteiger partial charge is 0.432 e. The Labute approximate surface area is 180 Å². The number of aryl methyl sites for hydroxylation is 1. The van der Waals surface area contributed by atoms with Crippen LogP contribution in [0.2, 0.25) is 0 Å². The van der Waals surface area contributed by atoms with Crippen molar-refractivity contribution < 1.29 is 14.3 Å². The molecular formula is C19H29N8O2S+. The summed E-state index contributed by atoms with van der Waals surface area (Å²) in [4.78, 5) is 26.9. The molecule has 2 amide bonds. The first-order valence-electron chi connectivity index (χ1n) is 9.70. The summed E-state index contributed by atoms with van der Waals surface area (Å²) in [6.07, 6.45) is 0.152. The zero-order valence-corrected chi connectivity index (χ0v) is 18.9. The van der Waals surface area contributed by atoms with Crippen molar-refractivity contribution in [3.05, 3.63) is 18.2 Å². The van der Waals surface area contributed by atoms with E-state index in [4.69, 9.17) is 5.73 Å². The number of hydrogen-bond donors (Lipinski definition) is 2. The van der Waals surface area contributed by atoms with E-state index in [1.54, 1.807) is 4.68 Å². The molecule has 0 aliphatic heterocycles. The Balaban J connectivity index is 2.40. The fourth-order valence-electron chi connectivity index (χ4n) is 2.70. The number of rotatable bonds is 10. The molecule has 0 radical (unpaired) electrons. The first-order chi connectivity index (χ1) is 14.2. The van der Waals surface area contributed by atoms with Crippen molar-refractivity contribution >= 4 is 50.5 Å². The summed E-state index contributed by atoms with van der Waals surface area (Å²) < 4.78 is 1.61. The Morgan fingerprint density at radius 3 is 2.50 bits per heavy atom. The Hall–Kier alpha value is -3.08. The van der Waals surface area contributed by atoms with Crippen molar-refractivity contribution in [1.82, 2.24) is 5.10 Å². The molecule has 0 saturated heterocycles. The summed E-state index contributed by atoms with van der Waals surface area (Å²) in [5.74, 6) is -0.600. The second-order valence-corrected chi connectivity index (χ2v) is 7.69. The normalized spacial score (nSPS) is 11.0. The number of nitrogens with two attached hydrogens (primary N) is 1. The zero-order valence-electron chi connectivity index (χ0n) is 18.0. The fraction of sp³-hybridized carbons (Fsp3) is 0.474. The van der Waals surface area contributed by atoms with Crippen LogP contribution in [0.15, 0.2) is 28.4 Å². The topological polar surface area (TPSA) is 120 Å². The van der Waals surface area contributed by atoms with Gasteiger partial charge in [0.2, 0.25) is 16.9 Å². The first-order valence-corrected chi connectivity index (χ1v) is 10.5. The van der Waals surface area contributed by atoms with Crippen LogP contribution in [0.25, 0.3) is 0 Å². The van der Waals surface area contributed by atoms with E-state index in [1.807, 2.05) is 37.2 Å². The summed E-state index contributed by atoms with van der Waals surface area (Å²) in [6, 6.07) is 5.66. The molecule has 2 aromatic rings. The van der Waals surface area contributed by atoms with Gasteiger partial charge in [0.1, 0.15) is 12.2 Å². The molecule has 3 N–H and O–H groups in total. The van der Waals surface area contributed by atoms with Crippen LogP contribution in [0.1, 0.15) is 27.2 Å². The van der Waals surface area contributed by atoms with Crippen LogP contribution >= 0.6 is 11.3 Å². The molecule has 1 heterocycles. The van der Waals surface area contributed by atoms with E-state index in [0.29, 0.717) is 23.1 Å². The molecule has 11 heteroatoms. The molecule has 1 aromatic heterocycles. The van der Waals surface area contributed by atoms with Crippen LogP contribution in [0.4, 0.5) is 27.3 Å². The molecule has 162 valence electrons. The highest BCUT2D eigenvalue weighted by atomic mass is 32.1. The summed E-state index contributed by atoms with van der Waals surface area (Å²) in [5.41, 5.74) is 7.37. The Kier molecular flexibility index (Phi) is 8.22. The van der Waals surface area contributed by atoms with Gasteiger partial charge < -0.3 is 20.9 Å². The molecule has 0 atom stereocenters. The fourth-order valence-corrected chi connectivity index (χ4v) is 3.50. The Bertz CT molecular complexity index is 921. The van der Waals surface area contributed by atoms with Crippen LogP contribution in [0, 0.1) is 0 Å². The quantitative estimate of drug-likeness (QED) is 0.441. The maximum Gasteiger partial charge on any atom is 0.432 e. The molecule has 0 spiro atoms. The molecule has 0 unspecified atom stereocenters. The molecule has 10 nitrogen and oxygen atoms in total. The smallest absolute Gasteiger partial charge is 0.372 e. The van der Waals surface area contributed by atoms with Crippen LogP contribution in [0.3, 0.4) is 0 Å². The molecule has 2 rings (SSSR count). The van der Waals surface area contributed by atoms with E-state index < -0.39 is 5.91 Å². The van der Waals surface area contributed by atoms with Crippen LogP contribution in [0.5, 0.6) is 0 Å². The van der Waals surface area contributed by atoms with E-state index in [9.17, 15) is 9.59 Å². The second-order valence-electron chi connectivity index (χ2n) is 6.76. The van der Waals surface area contributed by atoms with Gasteiger partial charge in [-0.2, -0.15) is 0 Å². The van der Waals surface area contributed by atoms with Crippen molar-refractivity contribution in [1.29, 1.82) is 0 Å². The third kappa shape index (κ3) is 6.21. The number of anilines is 3. The lowest BCUT2D eigenvalue weighted by atomic mass is 10.2. The van der Waals surface area contributed by atoms with Gasteiger partial charge in [0.25, 0.3) is 0 Å². The molecule has 0 aliphatic carbocycles. The number of carbonyl (C=O) groups excluding carboxylic acids is 2. The molecule has 0 aliphatic rings. The van der Waals surface area contributed by atoms with Crippen molar-refractivity contribution in [2.75, 3.05) is 42.3 Å². The van der Waals surface area contributed by atoms with Crippen LogP contribution in [-0.4, -0.2) is 44.1 Å². The highest BCUT2D eigenvalue weighted by Gasteiger charge is 2.21. The van der Waals surface area contributed by atoms with Gasteiger partial charge in [-0.1, -0.05) is 5.10 Å². The van der Waals surface area contributed by atoms with Crippen molar-refractivity contribution in [2.24, 2.45) is 16.0 Å². The number of benzene rings is 1. The number of nitrogens with one attached hydrogen (secondary N) is 1. The van der Waals surface area contributed by atoms with Gasteiger partial charge in [-0.25, -0.2) is 0 Å². The van der Waals surface area contributed by atoms with Crippen molar-refractivity contribution in [3.8, 4) is 0 Å². The number of amides is 2. The molecular weight excluding hydrogens is 404 g/mol. The minimum atomic E-state index is -0.412. The average molecular weight is 434 g/mol. The summed E-state index contributed by atoms with van der Waals surface area (Å²) in [5, 5.41) is 17.2. The molecule has 0 saturated carbocycles. The van der Waals surface area contributed by atoms with Gasteiger partial charge in [0, 0.05) is 39.8 Å². The summed E-state index contributed by atoms with van der Waals surface area (Å²) >= 11 is 1.34. The van der Waals surface area contributed by atoms with E-state index in [0.717, 1.165) is 23.9 Å². The average Bonchev–Trinajstić information content (AvgIpc) is 3.09. The van der Waals surface area contributed by atoms with Crippen LogP contribution < -0.4 is 25.5 Å². The Morgan fingerprint density at radius 1 is 1.23 bits per heavy atom. The number of primary amides is 1. The number of carbonyl (C=O) groups is 2. The summed E-state index contributed by atoms with van der Waals surface area (Å²) in [6.45, 7) is 7.62. The standard InChI is InChI=1S/C19H28N8O2S/c1-6-26(7-2)14-8-9-15(16(12-14)21-13(3)28)22-23-18-27(11-10-17(20)29)24-19(30-18)25(4)5/h8-9,12H,6-7,10-11H2,1-5H3,(H2,20,29)/p+1. The number of hydrogen-bond acceptors (Lipinski definition) is 8. The van der Waals surface area contributed by atoms with E-state index in [2.05, 4.69) is 39.4 Å². The van der Waals surface area contributed by atoms with Gasteiger partial charge in [-0.05, 0) is 48.5 Å².